The number of pyridine rings is 2. The van der Waals surface area contributed by atoms with Crippen molar-refractivity contribution < 1.29 is 18.8 Å². The van der Waals surface area contributed by atoms with Crippen molar-refractivity contribution in [2.24, 2.45) is 0 Å². The van der Waals surface area contributed by atoms with Gasteiger partial charge in [-0.15, -0.1) is 0 Å². The van der Waals surface area contributed by atoms with Crippen molar-refractivity contribution >= 4 is 29.8 Å². The molecule has 2 aliphatic rings. The van der Waals surface area contributed by atoms with Gasteiger partial charge in [-0.25, -0.2) is 9.78 Å². The Hall–Kier alpha value is -2.84. The summed E-state index contributed by atoms with van der Waals surface area (Å²) < 4.78 is 11.8. The molecule has 3 aromatic rings. The largest absolute Gasteiger partial charge is 0.458 e. The predicted molar refractivity (Wildman–Crippen MR) is 114 cm³/mol. The molecule has 1 aromatic carbocycles. The maximum absolute atomic E-state index is 13.3. The van der Waals surface area contributed by atoms with E-state index in [1.54, 1.807) is 23.6 Å². The Kier molecular flexibility index (Phi) is 4.20. The van der Waals surface area contributed by atoms with Crippen LogP contribution in [0.3, 0.4) is 0 Å². The third kappa shape index (κ3) is 2.40. The summed E-state index contributed by atoms with van der Waals surface area (Å²) in [5, 5.41) is 11.9. The third-order valence-corrected chi connectivity index (χ3v) is 6.45. The Balaban J connectivity index is 1.81. The van der Waals surface area contributed by atoms with Gasteiger partial charge in [-0.3, -0.25) is 4.79 Å². The molecule has 30 heavy (non-hydrogen) atoms. The number of esters is 1. The number of nitrogens with zero attached hydrogens (tertiary/aromatic N) is 2. The molecule has 0 unspecified atom stereocenters. The van der Waals surface area contributed by atoms with E-state index in [1.165, 1.54) is 0 Å². The Labute approximate surface area is 177 Å². The summed E-state index contributed by atoms with van der Waals surface area (Å²) >= 11 is 3.89. The van der Waals surface area contributed by atoms with Gasteiger partial charge in [0.15, 0.2) is 5.60 Å². The Morgan fingerprint density at radius 3 is 2.77 bits per heavy atom. The highest BCUT2D eigenvalue weighted by Gasteiger charge is 2.45. The molecule has 4 heterocycles. The highest BCUT2D eigenvalue weighted by Crippen LogP contribution is 2.40. The van der Waals surface area contributed by atoms with E-state index in [9.17, 15) is 14.7 Å². The number of aryl methyl sites for hydroxylation is 1. The molecule has 0 saturated heterocycles. The van der Waals surface area contributed by atoms with Crippen molar-refractivity contribution in [2.45, 2.75) is 45.4 Å². The lowest BCUT2D eigenvalue weighted by Gasteiger charge is -2.31. The number of thiol groups is 1. The molecule has 154 valence electrons. The summed E-state index contributed by atoms with van der Waals surface area (Å²) in [5.74, 6) is -0.103. The van der Waals surface area contributed by atoms with Crippen LogP contribution in [0.2, 0.25) is 0 Å². The predicted octanol–water partition coefficient (Wildman–Crippen LogP) is 2.87. The summed E-state index contributed by atoms with van der Waals surface area (Å²) in [6, 6.07) is 7.28. The molecule has 0 radical (unpaired) electrons. The normalized spacial score (nSPS) is 19.3. The number of carbonyl (C=O) groups excluding carboxylic acids is 1. The summed E-state index contributed by atoms with van der Waals surface area (Å²) in [7, 11) is 0. The minimum absolute atomic E-state index is 0.118. The summed E-state index contributed by atoms with van der Waals surface area (Å²) in [4.78, 5) is 30.4. The minimum Gasteiger partial charge on any atom is -0.458 e. The molecule has 7 nitrogen and oxygen atoms in total. The molecule has 1 atom stereocenters. The molecule has 0 fully saturated rings. The maximum Gasteiger partial charge on any atom is 0.343 e. The van der Waals surface area contributed by atoms with Crippen LogP contribution in [0.5, 0.6) is 5.75 Å². The van der Waals surface area contributed by atoms with E-state index in [1.807, 2.05) is 12.1 Å². The number of aliphatic hydroxyl groups is 1. The van der Waals surface area contributed by atoms with Crippen LogP contribution < -0.4 is 9.74 Å². The monoisotopic (exact) mass is 424 g/mol. The van der Waals surface area contributed by atoms with E-state index in [-0.39, 0.29) is 18.6 Å². The fourth-order valence-electron chi connectivity index (χ4n) is 4.60. The first kappa shape index (κ1) is 19.1. The van der Waals surface area contributed by atoms with Gasteiger partial charge in [0.05, 0.1) is 29.0 Å². The number of fused-ring (bicyclic) bond motifs is 5. The molecule has 2 aromatic heterocycles. The standard InChI is InChI=1S/C22H20N2O5S/c1-3-12-13-7-11(29-30)5-6-17(13)23-19-14(12)9-24-18(19)8-16-15(20(24)25)10-28-21(26)22(16,27)4-2/h5-8,27,30H,3-4,9-10H2,1-2H3/t22-/m0/s1. The summed E-state index contributed by atoms with van der Waals surface area (Å²) in [5.41, 5.74) is 2.71. The Bertz CT molecular complexity index is 1300. The van der Waals surface area contributed by atoms with Crippen molar-refractivity contribution in [3.05, 3.63) is 56.9 Å². The molecule has 2 aliphatic heterocycles. The second-order valence-electron chi connectivity index (χ2n) is 7.64. The molecule has 0 amide bonds. The number of hydrogen-bond acceptors (Lipinski definition) is 7. The van der Waals surface area contributed by atoms with Crippen LogP contribution in [0.4, 0.5) is 0 Å². The van der Waals surface area contributed by atoms with Gasteiger partial charge in [-0.05, 0) is 42.7 Å². The van der Waals surface area contributed by atoms with Gasteiger partial charge >= 0.3 is 5.97 Å². The van der Waals surface area contributed by atoms with Crippen molar-refractivity contribution in [1.82, 2.24) is 9.55 Å². The van der Waals surface area contributed by atoms with Gasteiger partial charge in [0.1, 0.15) is 12.4 Å². The lowest BCUT2D eigenvalue weighted by Crippen LogP contribution is -2.44. The fraction of sp³-hybridized carbons (Fsp3) is 0.318. The van der Waals surface area contributed by atoms with Crippen LogP contribution in [-0.4, -0.2) is 20.6 Å². The number of ether oxygens (including phenoxy) is 1. The van der Waals surface area contributed by atoms with Crippen molar-refractivity contribution in [3.8, 4) is 17.1 Å². The molecule has 0 saturated carbocycles. The smallest absolute Gasteiger partial charge is 0.343 e. The number of cyclic esters (lactones) is 1. The molecule has 0 bridgehead atoms. The lowest BCUT2D eigenvalue weighted by molar-refractivity contribution is -0.172. The number of hydrogen-bond donors (Lipinski definition) is 2. The van der Waals surface area contributed by atoms with Gasteiger partial charge in [0.25, 0.3) is 5.56 Å². The number of benzene rings is 1. The maximum atomic E-state index is 13.3. The highest BCUT2D eigenvalue weighted by atomic mass is 32.1. The van der Waals surface area contributed by atoms with E-state index in [0.29, 0.717) is 34.8 Å². The average Bonchev–Trinajstić information content (AvgIpc) is 3.13. The quantitative estimate of drug-likeness (QED) is 0.299. The SMILES string of the molecule is CCc1c2c(nc3ccc(OS)cc13)-c1cc3c(c(=O)n1C2)COC(=O)[C@]3(O)CC. The van der Waals surface area contributed by atoms with Crippen LogP contribution in [0.15, 0.2) is 29.1 Å². The first-order valence-corrected chi connectivity index (χ1v) is 10.2. The average molecular weight is 424 g/mol. The van der Waals surface area contributed by atoms with Gasteiger partial charge in [-0.1, -0.05) is 13.8 Å². The molecule has 8 heteroatoms. The summed E-state index contributed by atoms with van der Waals surface area (Å²) in [6.45, 7) is 4.00. The minimum atomic E-state index is -1.83. The van der Waals surface area contributed by atoms with Crippen LogP contribution >= 0.6 is 12.9 Å². The zero-order valence-electron chi connectivity index (χ0n) is 16.6. The molecule has 0 spiro atoms. The topological polar surface area (TPSA) is 90.6 Å². The van der Waals surface area contributed by atoms with E-state index in [0.717, 1.165) is 28.5 Å². The Morgan fingerprint density at radius 1 is 1.27 bits per heavy atom. The van der Waals surface area contributed by atoms with Crippen LogP contribution in [0.1, 0.15) is 42.5 Å². The van der Waals surface area contributed by atoms with Gasteiger partial charge in [0.2, 0.25) is 0 Å². The van der Waals surface area contributed by atoms with Crippen molar-refractivity contribution in [3.63, 3.8) is 0 Å². The first-order chi connectivity index (χ1) is 14.4. The molecule has 1 N–H and O–H groups in total. The summed E-state index contributed by atoms with van der Waals surface area (Å²) in [6.07, 6.45) is 0.868. The highest BCUT2D eigenvalue weighted by molar-refractivity contribution is 7.75. The van der Waals surface area contributed by atoms with E-state index >= 15 is 0 Å². The van der Waals surface area contributed by atoms with E-state index in [4.69, 9.17) is 13.9 Å². The van der Waals surface area contributed by atoms with Gasteiger partial charge in [0, 0.05) is 29.4 Å². The zero-order chi connectivity index (χ0) is 21.2. The second kappa shape index (κ2) is 6.58. The van der Waals surface area contributed by atoms with E-state index in [2.05, 4.69) is 19.8 Å². The second-order valence-corrected chi connectivity index (χ2v) is 7.83. The third-order valence-electron chi connectivity index (χ3n) is 6.24. The number of rotatable bonds is 3. The van der Waals surface area contributed by atoms with Gasteiger partial charge < -0.3 is 18.6 Å². The fourth-order valence-corrected chi connectivity index (χ4v) is 4.72. The number of carbonyl (C=O) groups is 1. The molecular weight excluding hydrogens is 404 g/mol. The zero-order valence-corrected chi connectivity index (χ0v) is 17.5. The molecule has 5 rings (SSSR count). The van der Waals surface area contributed by atoms with Gasteiger partial charge in [-0.2, -0.15) is 0 Å². The first-order valence-electron chi connectivity index (χ1n) is 9.87. The molecule has 0 aliphatic carbocycles. The molecular formula is C22H20N2O5S. The van der Waals surface area contributed by atoms with E-state index < -0.39 is 11.6 Å². The Morgan fingerprint density at radius 2 is 2.07 bits per heavy atom. The van der Waals surface area contributed by atoms with Crippen LogP contribution in [0, 0.1) is 0 Å². The number of aromatic nitrogens is 2. The van der Waals surface area contributed by atoms with Crippen molar-refractivity contribution in [2.75, 3.05) is 0 Å². The van der Waals surface area contributed by atoms with Crippen LogP contribution in [-0.2, 0) is 34.7 Å². The lowest BCUT2D eigenvalue weighted by atomic mass is 9.86. The van der Waals surface area contributed by atoms with Crippen LogP contribution in [0.25, 0.3) is 22.3 Å². The van der Waals surface area contributed by atoms with Crippen molar-refractivity contribution in [1.29, 1.82) is 0 Å².